The highest BCUT2D eigenvalue weighted by molar-refractivity contribution is 6.33. The molecule has 1 saturated heterocycles. The van der Waals surface area contributed by atoms with E-state index in [0.717, 1.165) is 0 Å². The van der Waals surface area contributed by atoms with E-state index in [-0.39, 0.29) is 11.9 Å². The normalized spacial score (nSPS) is 38.2. The second kappa shape index (κ2) is 2.31. The molecule has 3 nitrogen and oxygen atoms in total. The maximum absolute atomic E-state index is 11.2. The summed E-state index contributed by atoms with van der Waals surface area (Å²) in [5.41, 5.74) is 0. The van der Waals surface area contributed by atoms with Crippen LogP contribution >= 0.6 is 11.6 Å². The number of hydrogen-bond donors (Lipinski definition) is 0. The molecule has 0 aromatic carbocycles. The van der Waals surface area contributed by atoms with Crippen LogP contribution in [-0.4, -0.2) is 23.8 Å². The third-order valence-electron chi connectivity index (χ3n) is 1.93. The summed E-state index contributed by atoms with van der Waals surface area (Å²) in [5.74, 6) is -0.796. The summed E-state index contributed by atoms with van der Waals surface area (Å²) in [6.07, 6.45) is 0.466. The van der Waals surface area contributed by atoms with E-state index in [1.807, 2.05) is 0 Å². The van der Waals surface area contributed by atoms with E-state index >= 15 is 0 Å². The lowest BCUT2D eigenvalue weighted by molar-refractivity contribution is -0.152. The Hall–Kier alpha value is -0.380. The third kappa shape index (κ3) is 1.09. The molecule has 0 aromatic rings. The van der Waals surface area contributed by atoms with Crippen molar-refractivity contribution in [1.29, 1.82) is 0 Å². The van der Waals surface area contributed by atoms with Gasteiger partial charge >= 0.3 is 0 Å². The number of carbonyl (C=O) groups excluding carboxylic acids is 1. The van der Waals surface area contributed by atoms with E-state index in [9.17, 15) is 4.79 Å². The zero-order valence-electron chi connectivity index (χ0n) is 6.83. The maximum atomic E-state index is 11.2. The van der Waals surface area contributed by atoms with E-state index < -0.39 is 11.9 Å². The summed E-state index contributed by atoms with van der Waals surface area (Å²) in [6.45, 7) is 3.53. The summed E-state index contributed by atoms with van der Waals surface area (Å²) < 4.78 is 10.8. The average Bonchev–Trinajstić information content (AvgIpc) is 2.34. The predicted molar refractivity (Wildman–Crippen MR) is 42.8 cm³/mol. The van der Waals surface area contributed by atoms with Gasteiger partial charge in [-0.15, -0.1) is 0 Å². The van der Waals surface area contributed by atoms with Gasteiger partial charge < -0.3 is 9.47 Å². The van der Waals surface area contributed by atoms with Gasteiger partial charge in [0, 0.05) is 6.08 Å². The largest absolute Gasteiger partial charge is 0.338 e. The minimum absolute atomic E-state index is 0.101. The van der Waals surface area contributed by atoms with Gasteiger partial charge in [0.2, 0.25) is 0 Å². The SMILES string of the molecule is CC1(C)O[C@@H]2C(=O)C=C(Cl)[C@@H]2O1. The molecule has 2 atom stereocenters. The first-order chi connectivity index (χ1) is 5.49. The monoisotopic (exact) mass is 188 g/mol. The fraction of sp³-hybridized carbons (Fsp3) is 0.625. The molecule has 1 fully saturated rings. The van der Waals surface area contributed by atoms with Gasteiger partial charge in [0.25, 0.3) is 0 Å². The Morgan fingerprint density at radius 1 is 1.42 bits per heavy atom. The van der Waals surface area contributed by atoms with Crippen molar-refractivity contribution in [3.63, 3.8) is 0 Å². The second-order valence-corrected chi connectivity index (χ2v) is 3.84. The van der Waals surface area contributed by atoms with Crippen LogP contribution in [0.4, 0.5) is 0 Å². The fourth-order valence-corrected chi connectivity index (χ4v) is 1.74. The lowest BCUT2D eigenvalue weighted by Gasteiger charge is -2.16. The molecule has 0 spiro atoms. The molecular weight excluding hydrogens is 180 g/mol. The minimum atomic E-state index is -0.695. The topological polar surface area (TPSA) is 35.5 Å². The van der Waals surface area contributed by atoms with Crippen LogP contribution in [-0.2, 0) is 14.3 Å². The number of ether oxygens (including phenoxy) is 2. The van der Waals surface area contributed by atoms with Gasteiger partial charge in [-0.25, -0.2) is 0 Å². The van der Waals surface area contributed by atoms with E-state index in [1.165, 1.54) is 6.08 Å². The fourth-order valence-electron chi connectivity index (χ4n) is 1.47. The molecule has 0 saturated carbocycles. The Morgan fingerprint density at radius 2 is 2.00 bits per heavy atom. The summed E-state index contributed by atoms with van der Waals surface area (Å²) >= 11 is 5.77. The maximum Gasteiger partial charge on any atom is 0.188 e. The molecule has 0 unspecified atom stereocenters. The molecule has 4 heteroatoms. The van der Waals surface area contributed by atoms with E-state index in [2.05, 4.69) is 0 Å². The average molecular weight is 189 g/mol. The number of fused-ring (bicyclic) bond motifs is 1. The smallest absolute Gasteiger partial charge is 0.188 e. The van der Waals surface area contributed by atoms with Crippen LogP contribution < -0.4 is 0 Å². The zero-order chi connectivity index (χ0) is 8.93. The van der Waals surface area contributed by atoms with Crippen molar-refractivity contribution < 1.29 is 14.3 Å². The van der Waals surface area contributed by atoms with Crippen molar-refractivity contribution in [1.82, 2.24) is 0 Å². The first kappa shape index (κ1) is 8.23. The number of carbonyl (C=O) groups is 1. The van der Waals surface area contributed by atoms with Gasteiger partial charge in [0.15, 0.2) is 17.7 Å². The zero-order valence-corrected chi connectivity index (χ0v) is 7.59. The molecular formula is C8H9ClO3. The molecule has 1 aliphatic carbocycles. The summed E-state index contributed by atoms with van der Waals surface area (Å²) in [5, 5.41) is 0.440. The predicted octanol–water partition coefficient (Wildman–Crippen LogP) is 1.21. The number of halogens is 1. The quantitative estimate of drug-likeness (QED) is 0.573. The van der Waals surface area contributed by atoms with Crippen molar-refractivity contribution in [2.75, 3.05) is 0 Å². The van der Waals surface area contributed by atoms with Crippen LogP contribution in [0, 0.1) is 0 Å². The van der Waals surface area contributed by atoms with Gasteiger partial charge in [0.05, 0.1) is 5.03 Å². The third-order valence-corrected chi connectivity index (χ3v) is 2.25. The Balaban J connectivity index is 2.27. The number of hydrogen-bond acceptors (Lipinski definition) is 3. The Labute approximate surface area is 75.3 Å². The lowest BCUT2D eigenvalue weighted by atomic mass is 10.2. The van der Waals surface area contributed by atoms with Crippen molar-refractivity contribution in [3.05, 3.63) is 11.1 Å². The van der Waals surface area contributed by atoms with Crippen LogP contribution in [0.15, 0.2) is 11.1 Å². The van der Waals surface area contributed by atoms with Crippen LogP contribution in [0.3, 0.4) is 0 Å². The standard InChI is InChI=1S/C8H9ClO3/c1-8(2)11-6-4(9)3-5(10)7(6)12-8/h3,6-7H,1-2H3/t6-,7+/m0/s1. The first-order valence-corrected chi connectivity index (χ1v) is 4.14. The van der Waals surface area contributed by atoms with Crippen molar-refractivity contribution >= 4 is 17.4 Å². The molecule has 0 N–H and O–H groups in total. The lowest BCUT2D eigenvalue weighted by Crippen LogP contribution is -2.25. The van der Waals surface area contributed by atoms with Gasteiger partial charge in [-0.3, -0.25) is 4.79 Å². The molecule has 12 heavy (non-hydrogen) atoms. The van der Waals surface area contributed by atoms with E-state index in [4.69, 9.17) is 21.1 Å². The van der Waals surface area contributed by atoms with Crippen molar-refractivity contribution in [2.24, 2.45) is 0 Å². The van der Waals surface area contributed by atoms with Crippen molar-refractivity contribution in [3.8, 4) is 0 Å². The van der Waals surface area contributed by atoms with Gasteiger partial charge in [0.1, 0.15) is 6.10 Å². The molecule has 0 bridgehead atoms. The molecule has 0 aromatic heterocycles. The highest BCUT2D eigenvalue weighted by atomic mass is 35.5. The molecule has 1 heterocycles. The summed E-state index contributed by atoms with van der Waals surface area (Å²) in [7, 11) is 0. The first-order valence-electron chi connectivity index (χ1n) is 3.76. The van der Waals surface area contributed by atoms with Gasteiger partial charge in [-0.1, -0.05) is 11.6 Å². The molecule has 2 rings (SSSR count). The van der Waals surface area contributed by atoms with Crippen LogP contribution in [0.2, 0.25) is 0 Å². The highest BCUT2D eigenvalue weighted by Crippen LogP contribution is 2.37. The molecule has 0 radical (unpaired) electrons. The minimum Gasteiger partial charge on any atom is -0.338 e. The van der Waals surface area contributed by atoms with E-state index in [0.29, 0.717) is 5.03 Å². The Kier molecular flexibility index (Phi) is 1.59. The van der Waals surface area contributed by atoms with Gasteiger partial charge in [-0.2, -0.15) is 0 Å². The number of rotatable bonds is 0. The van der Waals surface area contributed by atoms with Crippen molar-refractivity contribution in [2.45, 2.75) is 31.8 Å². The van der Waals surface area contributed by atoms with Crippen LogP contribution in [0.1, 0.15) is 13.8 Å². The molecule has 1 aliphatic heterocycles. The van der Waals surface area contributed by atoms with Crippen LogP contribution in [0.5, 0.6) is 0 Å². The molecule has 2 aliphatic rings. The molecule has 0 amide bonds. The Bertz CT molecular complexity index is 269. The summed E-state index contributed by atoms with van der Waals surface area (Å²) in [6, 6.07) is 0. The van der Waals surface area contributed by atoms with Crippen LogP contribution in [0.25, 0.3) is 0 Å². The van der Waals surface area contributed by atoms with E-state index in [1.54, 1.807) is 13.8 Å². The highest BCUT2D eigenvalue weighted by Gasteiger charge is 2.49. The second-order valence-electron chi connectivity index (χ2n) is 3.41. The number of ketones is 1. The summed E-state index contributed by atoms with van der Waals surface area (Å²) in [4.78, 5) is 11.2. The Morgan fingerprint density at radius 3 is 2.58 bits per heavy atom. The molecule has 66 valence electrons. The van der Waals surface area contributed by atoms with Gasteiger partial charge in [-0.05, 0) is 13.8 Å².